The molecule has 2 aliphatic rings. The molecule has 0 spiro atoms. The van der Waals surface area contributed by atoms with E-state index < -0.39 is 0 Å². The van der Waals surface area contributed by atoms with E-state index in [-0.39, 0.29) is 0 Å². The fourth-order valence-electron chi connectivity index (χ4n) is 2.89. The van der Waals surface area contributed by atoms with E-state index in [1.165, 1.54) is 36.9 Å². The van der Waals surface area contributed by atoms with Crippen LogP contribution in [0.3, 0.4) is 0 Å². The van der Waals surface area contributed by atoms with Crippen molar-refractivity contribution in [3.05, 3.63) is 16.1 Å². The molecule has 0 unspecified atom stereocenters. The number of hydrogen-bond donors (Lipinski definition) is 1. The van der Waals surface area contributed by atoms with Crippen molar-refractivity contribution in [1.29, 1.82) is 0 Å². The molecular weight excluding hydrogens is 218 g/mol. The van der Waals surface area contributed by atoms with Crippen molar-refractivity contribution in [2.45, 2.75) is 19.9 Å². The number of likely N-dealkylation sites (tertiary alicyclic amines) is 1. The Morgan fingerprint density at radius 3 is 2.81 bits per heavy atom. The summed E-state index contributed by atoms with van der Waals surface area (Å²) in [5, 5.41) is 6.98. The Kier molecular flexibility index (Phi) is 2.96. The molecule has 0 saturated carbocycles. The zero-order valence-electron chi connectivity index (χ0n) is 9.78. The molecule has 16 heavy (non-hydrogen) atoms. The highest BCUT2D eigenvalue weighted by molar-refractivity contribution is 7.09. The molecule has 0 amide bonds. The summed E-state index contributed by atoms with van der Waals surface area (Å²) in [7, 11) is 0. The number of aryl methyl sites for hydroxylation is 1. The molecule has 3 heterocycles. The van der Waals surface area contributed by atoms with Gasteiger partial charge in [0.05, 0.1) is 10.7 Å². The Morgan fingerprint density at radius 1 is 1.44 bits per heavy atom. The Balaban J connectivity index is 1.59. The minimum Gasteiger partial charge on any atom is -0.316 e. The molecule has 4 heteroatoms. The lowest BCUT2D eigenvalue weighted by molar-refractivity contribution is 0.302. The summed E-state index contributed by atoms with van der Waals surface area (Å²) in [6.45, 7) is 8.20. The van der Waals surface area contributed by atoms with E-state index in [0.29, 0.717) is 0 Å². The largest absolute Gasteiger partial charge is 0.316 e. The minimum atomic E-state index is 0.893. The van der Waals surface area contributed by atoms with Crippen molar-refractivity contribution >= 4 is 11.3 Å². The average Bonchev–Trinajstić information content (AvgIpc) is 2.92. The first kappa shape index (κ1) is 10.7. The number of rotatable bonds is 3. The second kappa shape index (κ2) is 4.43. The lowest BCUT2D eigenvalue weighted by Gasteiger charge is -2.15. The molecule has 1 aromatic heterocycles. The van der Waals surface area contributed by atoms with E-state index in [0.717, 1.165) is 24.8 Å². The predicted molar refractivity (Wildman–Crippen MR) is 66.6 cm³/mol. The topological polar surface area (TPSA) is 28.2 Å². The molecule has 0 bridgehead atoms. The van der Waals surface area contributed by atoms with Crippen molar-refractivity contribution in [3.8, 4) is 0 Å². The molecule has 2 fully saturated rings. The van der Waals surface area contributed by atoms with Gasteiger partial charge in [-0.15, -0.1) is 11.3 Å². The summed E-state index contributed by atoms with van der Waals surface area (Å²) >= 11 is 1.80. The van der Waals surface area contributed by atoms with Gasteiger partial charge < -0.3 is 5.32 Å². The smallest absolute Gasteiger partial charge is 0.0926 e. The third-order valence-corrected chi connectivity index (χ3v) is 4.79. The van der Waals surface area contributed by atoms with Gasteiger partial charge in [-0.2, -0.15) is 0 Å². The van der Waals surface area contributed by atoms with Gasteiger partial charge in [0.1, 0.15) is 0 Å². The maximum atomic E-state index is 4.65. The van der Waals surface area contributed by atoms with Gasteiger partial charge >= 0.3 is 0 Å². The van der Waals surface area contributed by atoms with Crippen LogP contribution in [0.5, 0.6) is 0 Å². The molecule has 88 valence electrons. The van der Waals surface area contributed by atoms with Crippen LogP contribution >= 0.6 is 11.3 Å². The third-order valence-electron chi connectivity index (χ3n) is 3.75. The fourth-order valence-corrected chi connectivity index (χ4v) is 3.63. The molecular formula is C12H19N3S. The molecule has 1 N–H and O–H groups in total. The maximum Gasteiger partial charge on any atom is 0.0926 e. The highest BCUT2D eigenvalue weighted by Crippen LogP contribution is 2.27. The molecule has 2 saturated heterocycles. The Bertz CT molecular complexity index is 351. The summed E-state index contributed by atoms with van der Waals surface area (Å²) in [5.74, 6) is 1.79. The van der Waals surface area contributed by atoms with Crippen molar-refractivity contribution in [3.63, 3.8) is 0 Å². The highest BCUT2D eigenvalue weighted by Gasteiger charge is 2.35. The number of nitrogens with one attached hydrogen (secondary N) is 1. The average molecular weight is 237 g/mol. The molecule has 3 nitrogen and oxygen atoms in total. The molecule has 0 radical (unpaired) electrons. The van der Waals surface area contributed by atoms with Gasteiger partial charge in [0, 0.05) is 25.0 Å². The fraction of sp³-hybridized carbons (Fsp3) is 0.750. The molecule has 2 aliphatic heterocycles. The van der Waals surface area contributed by atoms with E-state index in [2.05, 4.69) is 27.5 Å². The van der Waals surface area contributed by atoms with Crippen LogP contribution in [0.4, 0.5) is 0 Å². The first-order valence-corrected chi connectivity index (χ1v) is 7.09. The van der Waals surface area contributed by atoms with Gasteiger partial charge in [-0.3, -0.25) is 4.90 Å². The summed E-state index contributed by atoms with van der Waals surface area (Å²) < 4.78 is 0. The summed E-state index contributed by atoms with van der Waals surface area (Å²) in [4.78, 5) is 7.22. The second-order valence-electron chi connectivity index (χ2n) is 4.96. The molecule has 0 aromatic carbocycles. The van der Waals surface area contributed by atoms with Crippen molar-refractivity contribution in [1.82, 2.24) is 15.2 Å². The Morgan fingerprint density at radius 2 is 2.19 bits per heavy atom. The van der Waals surface area contributed by atoms with Crippen LogP contribution in [0, 0.1) is 11.8 Å². The quantitative estimate of drug-likeness (QED) is 0.860. The first-order valence-electron chi connectivity index (χ1n) is 6.21. The van der Waals surface area contributed by atoms with Crippen LogP contribution in [0.25, 0.3) is 0 Å². The number of fused-ring (bicyclic) bond motifs is 1. The summed E-state index contributed by atoms with van der Waals surface area (Å²) in [5.41, 5.74) is 1.27. The first-order chi connectivity index (χ1) is 7.85. The summed E-state index contributed by atoms with van der Waals surface area (Å²) in [6, 6.07) is 0. The zero-order valence-corrected chi connectivity index (χ0v) is 10.6. The van der Waals surface area contributed by atoms with Gasteiger partial charge in [-0.05, 0) is 31.3 Å². The van der Waals surface area contributed by atoms with Gasteiger partial charge in [0.25, 0.3) is 0 Å². The normalized spacial score (nSPS) is 29.8. The standard InChI is InChI=1S/C12H19N3S/c1-2-12-14-11(8-16-12)7-15-5-9-3-13-4-10(9)6-15/h8-10,13H,2-7H2,1H3/t9-,10+. The monoisotopic (exact) mass is 237 g/mol. The number of hydrogen-bond acceptors (Lipinski definition) is 4. The van der Waals surface area contributed by atoms with Crippen molar-refractivity contribution < 1.29 is 0 Å². The van der Waals surface area contributed by atoms with Crippen LogP contribution in [-0.4, -0.2) is 36.1 Å². The van der Waals surface area contributed by atoms with Crippen LogP contribution in [0.2, 0.25) is 0 Å². The SMILES string of the molecule is CCc1nc(CN2C[C@H]3CNC[C@H]3C2)cs1. The van der Waals surface area contributed by atoms with Crippen LogP contribution < -0.4 is 5.32 Å². The minimum absolute atomic E-state index is 0.893. The Labute approximate surface area is 101 Å². The summed E-state index contributed by atoms with van der Waals surface area (Å²) in [6.07, 6.45) is 1.07. The van der Waals surface area contributed by atoms with E-state index >= 15 is 0 Å². The zero-order chi connectivity index (χ0) is 11.0. The Hall–Kier alpha value is -0.450. The molecule has 3 rings (SSSR count). The van der Waals surface area contributed by atoms with Gasteiger partial charge in [0.2, 0.25) is 0 Å². The number of aromatic nitrogens is 1. The third kappa shape index (κ3) is 2.01. The van der Waals surface area contributed by atoms with Crippen LogP contribution in [0.15, 0.2) is 5.38 Å². The maximum absolute atomic E-state index is 4.65. The number of thiazole rings is 1. The molecule has 0 aliphatic carbocycles. The lowest BCUT2D eigenvalue weighted by atomic mass is 10.0. The molecule has 1 aromatic rings. The lowest BCUT2D eigenvalue weighted by Crippen LogP contribution is -2.25. The van der Waals surface area contributed by atoms with Crippen LogP contribution in [-0.2, 0) is 13.0 Å². The van der Waals surface area contributed by atoms with Gasteiger partial charge in [0.15, 0.2) is 0 Å². The molecule has 2 atom stereocenters. The van der Waals surface area contributed by atoms with Gasteiger partial charge in [-0.1, -0.05) is 6.92 Å². The van der Waals surface area contributed by atoms with Crippen molar-refractivity contribution in [2.75, 3.05) is 26.2 Å². The van der Waals surface area contributed by atoms with Crippen molar-refractivity contribution in [2.24, 2.45) is 11.8 Å². The number of nitrogens with zero attached hydrogens (tertiary/aromatic N) is 2. The van der Waals surface area contributed by atoms with E-state index in [4.69, 9.17) is 0 Å². The predicted octanol–water partition coefficient (Wildman–Crippen LogP) is 1.36. The van der Waals surface area contributed by atoms with E-state index in [1.54, 1.807) is 11.3 Å². The highest BCUT2D eigenvalue weighted by atomic mass is 32.1. The van der Waals surface area contributed by atoms with Gasteiger partial charge in [-0.25, -0.2) is 4.98 Å². The van der Waals surface area contributed by atoms with E-state index in [9.17, 15) is 0 Å². The van der Waals surface area contributed by atoms with Crippen LogP contribution in [0.1, 0.15) is 17.6 Å². The van der Waals surface area contributed by atoms with E-state index in [1.807, 2.05) is 0 Å². The second-order valence-corrected chi connectivity index (χ2v) is 5.90.